The maximum Gasteiger partial charge on any atom is 0.354 e. The second-order valence-corrected chi connectivity index (χ2v) is 6.01. The van der Waals surface area contributed by atoms with E-state index in [0.717, 1.165) is 41.4 Å². The van der Waals surface area contributed by atoms with Crippen LogP contribution in [0.25, 0.3) is 10.9 Å². The van der Waals surface area contributed by atoms with Crippen LogP contribution in [-0.2, 0) is 16.6 Å². The number of Topliss-reactive ketones (excluding diaryl/α,β-unsaturated/α-hetero) is 1. The fraction of sp³-hybridized carbons (Fsp3) is 0.412. The average Bonchev–Trinajstić information content (AvgIpc) is 2.88. The Labute approximate surface area is 137 Å². The van der Waals surface area contributed by atoms with Gasteiger partial charge >= 0.3 is 5.97 Å². The van der Waals surface area contributed by atoms with Crippen LogP contribution in [0.5, 0.6) is 0 Å². The highest BCUT2D eigenvalue weighted by Gasteiger charge is 2.24. The summed E-state index contributed by atoms with van der Waals surface area (Å²) in [7, 11) is 0. The van der Waals surface area contributed by atoms with Crippen LogP contribution in [0.3, 0.4) is 0 Å². The maximum atomic E-state index is 12.4. The second kappa shape index (κ2) is 6.24. The lowest BCUT2D eigenvalue weighted by molar-refractivity contribution is 0.0513. The summed E-state index contributed by atoms with van der Waals surface area (Å²) in [6.07, 6.45) is 2.31. The molecule has 0 saturated carbocycles. The molecule has 4 nitrogen and oxygen atoms in total. The number of halogens is 1. The number of aromatic nitrogens is 1. The van der Waals surface area contributed by atoms with Crippen LogP contribution in [0.4, 0.5) is 0 Å². The van der Waals surface area contributed by atoms with Crippen molar-refractivity contribution < 1.29 is 14.3 Å². The molecule has 2 heterocycles. The van der Waals surface area contributed by atoms with E-state index in [4.69, 9.17) is 4.74 Å². The Morgan fingerprint density at radius 3 is 2.91 bits per heavy atom. The van der Waals surface area contributed by atoms with Gasteiger partial charge in [-0.1, -0.05) is 22.0 Å². The first-order chi connectivity index (χ1) is 10.7. The molecule has 0 atom stereocenters. The second-order valence-electron chi connectivity index (χ2n) is 5.45. The maximum absolute atomic E-state index is 12.4. The topological polar surface area (TPSA) is 48.3 Å². The van der Waals surface area contributed by atoms with E-state index < -0.39 is 0 Å². The number of rotatable bonds is 3. The highest BCUT2D eigenvalue weighted by atomic mass is 79.9. The van der Waals surface area contributed by atoms with Gasteiger partial charge in [0, 0.05) is 29.2 Å². The molecule has 0 unspecified atom stereocenters. The monoisotopic (exact) mass is 363 g/mol. The lowest BCUT2D eigenvalue weighted by Gasteiger charge is -2.16. The van der Waals surface area contributed by atoms with Crippen molar-refractivity contribution in [3.8, 4) is 0 Å². The van der Waals surface area contributed by atoms with E-state index in [0.29, 0.717) is 24.1 Å². The molecule has 0 spiro atoms. The van der Waals surface area contributed by atoms with Gasteiger partial charge in [-0.2, -0.15) is 0 Å². The molecule has 1 aliphatic rings. The zero-order valence-corrected chi connectivity index (χ0v) is 14.1. The van der Waals surface area contributed by atoms with Crippen molar-refractivity contribution in [2.45, 2.75) is 38.1 Å². The number of nitrogens with zero attached hydrogens (tertiary/aromatic N) is 1. The molecule has 0 radical (unpaired) electrons. The minimum atomic E-state index is -0.321. The Kier molecular flexibility index (Phi) is 4.34. The van der Waals surface area contributed by atoms with Gasteiger partial charge in [0.1, 0.15) is 5.69 Å². The third kappa shape index (κ3) is 2.47. The van der Waals surface area contributed by atoms with Crippen LogP contribution < -0.4 is 0 Å². The van der Waals surface area contributed by atoms with Gasteiger partial charge in [-0.3, -0.25) is 4.79 Å². The molecular weight excluding hydrogens is 346 g/mol. The zero-order valence-electron chi connectivity index (χ0n) is 12.5. The van der Waals surface area contributed by atoms with Gasteiger partial charge in [0.05, 0.1) is 12.1 Å². The van der Waals surface area contributed by atoms with E-state index >= 15 is 0 Å². The van der Waals surface area contributed by atoms with Gasteiger partial charge in [0.2, 0.25) is 0 Å². The minimum Gasteiger partial charge on any atom is -0.461 e. The van der Waals surface area contributed by atoms with Gasteiger partial charge < -0.3 is 9.30 Å². The summed E-state index contributed by atoms with van der Waals surface area (Å²) < 4.78 is 7.14. The van der Waals surface area contributed by atoms with Crippen molar-refractivity contribution in [2.24, 2.45) is 0 Å². The number of ketones is 1. The first kappa shape index (κ1) is 15.3. The number of benzene rings is 1. The molecule has 0 aliphatic carbocycles. The molecule has 0 fully saturated rings. The van der Waals surface area contributed by atoms with Gasteiger partial charge in [0.15, 0.2) is 5.78 Å². The summed E-state index contributed by atoms with van der Waals surface area (Å²) in [6, 6.07) is 5.72. The highest BCUT2D eigenvalue weighted by Crippen LogP contribution is 2.31. The Bertz CT molecular complexity index is 748. The van der Waals surface area contributed by atoms with Gasteiger partial charge in [-0.25, -0.2) is 4.79 Å². The summed E-state index contributed by atoms with van der Waals surface area (Å²) in [5.74, 6) is -0.168. The van der Waals surface area contributed by atoms with Crippen molar-refractivity contribution >= 4 is 38.6 Å². The third-order valence-corrected chi connectivity index (χ3v) is 4.72. The third-order valence-electron chi connectivity index (χ3n) is 4.11. The molecule has 0 bridgehead atoms. The molecule has 22 heavy (non-hydrogen) atoms. The molecule has 0 saturated heterocycles. The Balaban J connectivity index is 2.31. The zero-order chi connectivity index (χ0) is 15.7. The van der Waals surface area contributed by atoms with E-state index in [1.807, 2.05) is 22.8 Å². The number of hydrogen-bond acceptors (Lipinski definition) is 3. The number of carbonyl (C=O) groups excluding carboxylic acids is 2. The Morgan fingerprint density at radius 1 is 1.36 bits per heavy atom. The van der Waals surface area contributed by atoms with Gasteiger partial charge in [-0.05, 0) is 37.5 Å². The summed E-state index contributed by atoms with van der Waals surface area (Å²) in [5, 5.41) is 1.65. The predicted octanol–water partition coefficient (Wildman–Crippen LogP) is 4.08. The van der Waals surface area contributed by atoms with Crippen LogP contribution in [0.1, 0.15) is 52.6 Å². The molecule has 0 N–H and O–H groups in total. The molecule has 1 aliphatic heterocycles. The SMILES string of the molecule is CCOC(=O)c1cc2c(CBr)ccc3c2n1CCCCC3=O. The lowest BCUT2D eigenvalue weighted by Crippen LogP contribution is -2.15. The first-order valence-corrected chi connectivity index (χ1v) is 8.71. The van der Waals surface area contributed by atoms with E-state index in [9.17, 15) is 9.59 Å². The fourth-order valence-electron chi connectivity index (χ4n) is 3.07. The van der Waals surface area contributed by atoms with Crippen LogP contribution in [0.2, 0.25) is 0 Å². The lowest BCUT2D eigenvalue weighted by atomic mass is 9.99. The van der Waals surface area contributed by atoms with Crippen LogP contribution in [0, 0.1) is 0 Å². The Morgan fingerprint density at radius 2 is 2.18 bits per heavy atom. The molecule has 1 aromatic carbocycles. The predicted molar refractivity (Wildman–Crippen MR) is 88.7 cm³/mol. The van der Waals surface area contributed by atoms with E-state index in [-0.39, 0.29) is 11.8 Å². The molecule has 116 valence electrons. The molecule has 5 heteroatoms. The summed E-state index contributed by atoms with van der Waals surface area (Å²) in [6.45, 7) is 2.88. The normalized spacial score (nSPS) is 14.7. The van der Waals surface area contributed by atoms with Gasteiger partial charge in [-0.15, -0.1) is 0 Å². The largest absolute Gasteiger partial charge is 0.461 e. The van der Waals surface area contributed by atoms with Crippen molar-refractivity contribution in [1.82, 2.24) is 4.57 Å². The van der Waals surface area contributed by atoms with E-state index in [2.05, 4.69) is 15.9 Å². The summed E-state index contributed by atoms with van der Waals surface area (Å²) in [5.41, 5.74) is 3.22. The average molecular weight is 364 g/mol. The van der Waals surface area contributed by atoms with Crippen molar-refractivity contribution in [3.05, 3.63) is 35.0 Å². The molecular formula is C17H18BrNO3. The van der Waals surface area contributed by atoms with Crippen molar-refractivity contribution in [1.29, 1.82) is 0 Å². The highest BCUT2D eigenvalue weighted by molar-refractivity contribution is 9.08. The number of carbonyl (C=O) groups is 2. The molecule has 1 aromatic heterocycles. The number of hydrogen-bond donors (Lipinski definition) is 0. The number of alkyl halides is 1. The Hall–Kier alpha value is -1.62. The number of esters is 1. The van der Waals surface area contributed by atoms with Crippen LogP contribution >= 0.6 is 15.9 Å². The molecule has 2 aromatic rings. The quantitative estimate of drug-likeness (QED) is 0.609. The smallest absolute Gasteiger partial charge is 0.354 e. The molecule has 0 amide bonds. The number of aryl methyl sites for hydroxylation is 1. The van der Waals surface area contributed by atoms with Crippen LogP contribution in [-0.4, -0.2) is 22.9 Å². The van der Waals surface area contributed by atoms with Gasteiger partial charge in [0.25, 0.3) is 0 Å². The summed E-state index contributed by atoms with van der Waals surface area (Å²) in [4.78, 5) is 24.7. The minimum absolute atomic E-state index is 0.153. The van der Waals surface area contributed by atoms with E-state index in [1.165, 1.54) is 0 Å². The van der Waals surface area contributed by atoms with Crippen LogP contribution in [0.15, 0.2) is 18.2 Å². The number of ether oxygens (including phenoxy) is 1. The standard InChI is InChI=1S/C17H18BrNO3/c1-2-22-17(21)14-9-13-11(10-18)6-7-12-15(20)5-3-4-8-19(14)16(12)13/h6-7,9H,2-5,8,10H2,1H3. The fourth-order valence-corrected chi connectivity index (χ4v) is 3.56. The summed E-state index contributed by atoms with van der Waals surface area (Å²) >= 11 is 3.48. The van der Waals surface area contributed by atoms with Crippen molar-refractivity contribution in [3.63, 3.8) is 0 Å². The van der Waals surface area contributed by atoms with E-state index in [1.54, 1.807) is 6.92 Å². The first-order valence-electron chi connectivity index (χ1n) is 7.58. The molecule has 3 rings (SSSR count). The van der Waals surface area contributed by atoms with Crippen molar-refractivity contribution in [2.75, 3.05) is 6.61 Å².